The minimum atomic E-state index is 0.00807. The first kappa shape index (κ1) is 13.4. The third-order valence-corrected chi connectivity index (χ3v) is 2.80. The summed E-state index contributed by atoms with van der Waals surface area (Å²) in [5.41, 5.74) is 2.86. The van der Waals surface area contributed by atoms with Crippen LogP contribution in [0.3, 0.4) is 0 Å². The summed E-state index contributed by atoms with van der Waals surface area (Å²) in [5.74, 6) is 0.878. The molecular weight excluding hydrogens is 240 g/mol. The maximum atomic E-state index is 9.23. The maximum absolute atomic E-state index is 9.23. The molecular formula is C15H18N2O2. The number of aliphatic hydroxyl groups is 1. The normalized spacial score (nSPS) is 10.2. The zero-order valence-electron chi connectivity index (χ0n) is 11.0. The Labute approximate surface area is 113 Å². The molecule has 0 unspecified atom stereocenters. The molecule has 0 spiro atoms. The molecule has 2 rings (SSSR count). The molecule has 1 aromatic carbocycles. The van der Waals surface area contributed by atoms with E-state index in [0.717, 1.165) is 22.6 Å². The first-order chi connectivity index (χ1) is 9.33. The predicted molar refractivity (Wildman–Crippen MR) is 75.1 cm³/mol. The monoisotopic (exact) mass is 258 g/mol. The Bertz CT molecular complexity index is 512. The van der Waals surface area contributed by atoms with E-state index in [0.29, 0.717) is 13.2 Å². The van der Waals surface area contributed by atoms with Crippen molar-refractivity contribution in [1.82, 2.24) is 4.98 Å². The number of aliphatic hydroxyl groups excluding tert-OH is 1. The SMILES string of the molecule is CCOc1ccc(CNc2cnccc2CO)cc1. The van der Waals surface area contributed by atoms with E-state index in [1.165, 1.54) is 0 Å². The summed E-state index contributed by atoms with van der Waals surface area (Å²) in [6.45, 7) is 3.33. The summed E-state index contributed by atoms with van der Waals surface area (Å²) in [4.78, 5) is 4.05. The number of nitrogens with zero attached hydrogens (tertiary/aromatic N) is 1. The number of aromatic nitrogens is 1. The summed E-state index contributed by atoms with van der Waals surface area (Å²) < 4.78 is 5.40. The van der Waals surface area contributed by atoms with E-state index in [-0.39, 0.29) is 6.61 Å². The molecule has 0 aliphatic carbocycles. The number of anilines is 1. The standard InChI is InChI=1S/C15H18N2O2/c1-2-19-14-5-3-12(4-6-14)9-17-15-10-16-8-7-13(15)11-18/h3-8,10,17-18H,2,9,11H2,1H3. The van der Waals surface area contributed by atoms with Crippen LogP contribution in [0.5, 0.6) is 5.75 Å². The van der Waals surface area contributed by atoms with Gasteiger partial charge in [0.2, 0.25) is 0 Å². The van der Waals surface area contributed by atoms with Crippen molar-refractivity contribution in [3.63, 3.8) is 0 Å². The minimum absolute atomic E-state index is 0.00807. The van der Waals surface area contributed by atoms with Crippen molar-refractivity contribution in [3.8, 4) is 5.75 Å². The zero-order chi connectivity index (χ0) is 13.5. The largest absolute Gasteiger partial charge is 0.494 e. The molecule has 1 heterocycles. The van der Waals surface area contributed by atoms with Crippen LogP contribution in [-0.4, -0.2) is 16.7 Å². The van der Waals surface area contributed by atoms with Crippen molar-refractivity contribution in [2.24, 2.45) is 0 Å². The maximum Gasteiger partial charge on any atom is 0.119 e. The van der Waals surface area contributed by atoms with Gasteiger partial charge in [0, 0.05) is 18.3 Å². The van der Waals surface area contributed by atoms with Gasteiger partial charge < -0.3 is 15.2 Å². The molecule has 0 amide bonds. The van der Waals surface area contributed by atoms with Crippen LogP contribution in [0.1, 0.15) is 18.1 Å². The van der Waals surface area contributed by atoms with Crippen LogP contribution in [0.2, 0.25) is 0 Å². The second-order valence-electron chi connectivity index (χ2n) is 4.12. The average molecular weight is 258 g/mol. The number of pyridine rings is 1. The molecule has 0 saturated heterocycles. The van der Waals surface area contributed by atoms with Crippen molar-refractivity contribution >= 4 is 5.69 Å². The van der Waals surface area contributed by atoms with Crippen LogP contribution in [0.25, 0.3) is 0 Å². The Morgan fingerprint density at radius 3 is 2.68 bits per heavy atom. The number of hydrogen-bond donors (Lipinski definition) is 2. The second-order valence-corrected chi connectivity index (χ2v) is 4.12. The molecule has 4 heteroatoms. The highest BCUT2D eigenvalue weighted by atomic mass is 16.5. The van der Waals surface area contributed by atoms with Crippen LogP contribution < -0.4 is 10.1 Å². The van der Waals surface area contributed by atoms with Gasteiger partial charge in [-0.05, 0) is 30.7 Å². The first-order valence-corrected chi connectivity index (χ1v) is 6.33. The molecule has 0 aliphatic rings. The number of ether oxygens (including phenoxy) is 1. The van der Waals surface area contributed by atoms with E-state index >= 15 is 0 Å². The third-order valence-electron chi connectivity index (χ3n) is 2.80. The molecule has 1 aromatic heterocycles. The number of hydrogen-bond acceptors (Lipinski definition) is 4. The Balaban J connectivity index is 1.98. The molecule has 19 heavy (non-hydrogen) atoms. The molecule has 0 atom stereocenters. The van der Waals surface area contributed by atoms with Crippen molar-refractivity contribution in [2.75, 3.05) is 11.9 Å². The topological polar surface area (TPSA) is 54.4 Å². The molecule has 0 aliphatic heterocycles. The molecule has 2 N–H and O–H groups in total. The average Bonchev–Trinajstić information content (AvgIpc) is 2.47. The smallest absolute Gasteiger partial charge is 0.119 e. The van der Waals surface area contributed by atoms with Gasteiger partial charge in [-0.3, -0.25) is 4.98 Å². The van der Waals surface area contributed by atoms with Gasteiger partial charge in [0.05, 0.1) is 25.1 Å². The fourth-order valence-corrected chi connectivity index (χ4v) is 1.79. The zero-order valence-corrected chi connectivity index (χ0v) is 11.0. The van der Waals surface area contributed by atoms with Gasteiger partial charge >= 0.3 is 0 Å². The Kier molecular flexibility index (Phi) is 4.75. The molecule has 4 nitrogen and oxygen atoms in total. The minimum Gasteiger partial charge on any atom is -0.494 e. The Morgan fingerprint density at radius 2 is 2.00 bits per heavy atom. The lowest BCUT2D eigenvalue weighted by Gasteiger charge is -2.10. The van der Waals surface area contributed by atoms with Crippen molar-refractivity contribution in [3.05, 3.63) is 53.9 Å². The summed E-state index contributed by atoms with van der Waals surface area (Å²) in [6, 6.07) is 9.76. The quantitative estimate of drug-likeness (QED) is 0.836. The van der Waals surface area contributed by atoms with Gasteiger partial charge in [-0.1, -0.05) is 12.1 Å². The summed E-state index contributed by atoms with van der Waals surface area (Å²) in [5, 5.41) is 12.5. The van der Waals surface area contributed by atoms with Crippen molar-refractivity contribution < 1.29 is 9.84 Å². The molecule has 0 fully saturated rings. The first-order valence-electron chi connectivity index (χ1n) is 6.33. The van der Waals surface area contributed by atoms with Crippen LogP contribution >= 0.6 is 0 Å². The van der Waals surface area contributed by atoms with Gasteiger partial charge in [0.15, 0.2) is 0 Å². The fourth-order valence-electron chi connectivity index (χ4n) is 1.79. The molecule has 0 saturated carbocycles. The van der Waals surface area contributed by atoms with Gasteiger partial charge in [-0.25, -0.2) is 0 Å². The van der Waals surface area contributed by atoms with E-state index in [4.69, 9.17) is 4.74 Å². The third kappa shape index (κ3) is 3.69. The molecule has 2 aromatic rings. The number of rotatable bonds is 6. The Hall–Kier alpha value is -2.07. The lowest BCUT2D eigenvalue weighted by molar-refractivity contribution is 0.282. The molecule has 0 radical (unpaired) electrons. The van der Waals surface area contributed by atoms with Gasteiger partial charge in [-0.15, -0.1) is 0 Å². The number of nitrogens with one attached hydrogen (secondary N) is 1. The van der Waals surface area contributed by atoms with Gasteiger partial charge in [0.1, 0.15) is 5.75 Å². The second kappa shape index (κ2) is 6.75. The highest BCUT2D eigenvalue weighted by Crippen LogP contribution is 2.16. The van der Waals surface area contributed by atoms with Gasteiger partial charge in [-0.2, -0.15) is 0 Å². The van der Waals surface area contributed by atoms with E-state index < -0.39 is 0 Å². The Morgan fingerprint density at radius 1 is 1.21 bits per heavy atom. The van der Waals surface area contributed by atoms with Crippen molar-refractivity contribution in [1.29, 1.82) is 0 Å². The van der Waals surface area contributed by atoms with Crippen LogP contribution in [-0.2, 0) is 13.2 Å². The molecule has 100 valence electrons. The predicted octanol–water partition coefficient (Wildman–Crippen LogP) is 2.58. The van der Waals surface area contributed by atoms with Crippen LogP contribution in [0.15, 0.2) is 42.7 Å². The van der Waals surface area contributed by atoms with E-state index in [1.807, 2.05) is 31.2 Å². The lowest BCUT2D eigenvalue weighted by Crippen LogP contribution is -2.03. The summed E-state index contributed by atoms with van der Waals surface area (Å²) >= 11 is 0. The van der Waals surface area contributed by atoms with E-state index in [2.05, 4.69) is 10.3 Å². The molecule has 0 bridgehead atoms. The summed E-state index contributed by atoms with van der Waals surface area (Å²) in [7, 11) is 0. The number of benzene rings is 1. The van der Waals surface area contributed by atoms with Crippen LogP contribution in [0, 0.1) is 0 Å². The van der Waals surface area contributed by atoms with E-state index in [1.54, 1.807) is 18.5 Å². The van der Waals surface area contributed by atoms with Crippen LogP contribution in [0.4, 0.5) is 5.69 Å². The van der Waals surface area contributed by atoms with Crippen molar-refractivity contribution in [2.45, 2.75) is 20.1 Å². The lowest BCUT2D eigenvalue weighted by atomic mass is 10.2. The fraction of sp³-hybridized carbons (Fsp3) is 0.267. The summed E-state index contributed by atoms with van der Waals surface area (Å²) in [6.07, 6.45) is 3.40. The highest BCUT2D eigenvalue weighted by Gasteiger charge is 2.01. The highest BCUT2D eigenvalue weighted by molar-refractivity contribution is 5.49. The van der Waals surface area contributed by atoms with E-state index in [9.17, 15) is 5.11 Å². The van der Waals surface area contributed by atoms with Gasteiger partial charge in [0.25, 0.3) is 0 Å².